The lowest BCUT2D eigenvalue weighted by atomic mass is 9.99. The van der Waals surface area contributed by atoms with E-state index in [4.69, 9.17) is 4.74 Å². The zero-order valence-corrected chi connectivity index (χ0v) is 16.0. The molecule has 0 aliphatic rings. The highest BCUT2D eigenvalue weighted by Crippen LogP contribution is 2.21. The highest BCUT2D eigenvalue weighted by molar-refractivity contribution is 5.82. The van der Waals surface area contributed by atoms with Gasteiger partial charge in [-0.3, -0.25) is 4.79 Å². The van der Waals surface area contributed by atoms with Crippen molar-refractivity contribution in [1.82, 2.24) is 5.43 Å². The summed E-state index contributed by atoms with van der Waals surface area (Å²) in [5.41, 5.74) is 5.98. The topological polar surface area (TPSA) is 50.7 Å². The fraction of sp³-hybridized carbons (Fsp3) is 0.364. The summed E-state index contributed by atoms with van der Waals surface area (Å²) in [7, 11) is 0. The fourth-order valence-electron chi connectivity index (χ4n) is 2.46. The molecular weight excluding hydrogens is 324 g/mol. The summed E-state index contributed by atoms with van der Waals surface area (Å²) in [6.45, 7) is 8.60. The Morgan fingerprint density at radius 2 is 1.65 bits per heavy atom. The lowest BCUT2D eigenvalue weighted by molar-refractivity contribution is -0.123. The van der Waals surface area contributed by atoms with Gasteiger partial charge >= 0.3 is 0 Å². The number of ether oxygens (including phenoxy) is 1. The third-order valence-electron chi connectivity index (χ3n) is 4.44. The number of hydrazone groups is 1. The molecule has 0 spiro atoms. The van der Waals surface area contributed by atoms with Crippen molar-refractivity contribution in [2.75, 3.05) is 6.61 Å². The van der Waals surface area contributed by atoms with Crippen molar-refractivity contribution in [3.8, 4) is 5.75 Å². The average Bonchev–Trinajstić information content (AvgIpc) is 2.66. The van der Waals surface area contributed by atoms with Crippen molar-refractivity contribution in [3.63, 3.8) is 0 Å². The van der Waals surface area contributed by atoms with E-state index in [0.717, 1.165) is 12.0 Å². The van der Waals surface area contributed by atoms with Crippen molar-refractivity contribution in [2.45, 2.75) is 46.0 Å². The molecule has 0 aromatic heterocycles. The Hall–Kier alpha value is -2.62. The van der Waals surface area contributed by atoms with Gasteiger partial charge in [0.15, 0.2) is 6.61 Å². The molecule has 2 aromatic rings. The molecule has 1 N–H and O–H groups in total. The Balaban J connectivity index is 1.78. The number of carbonyl (C=O) groups is 1. The molecule has 1 unspecified atom stereocenters. The number of hydrogen-bond acceptors (Lipinski definition) is 3. The Morgan fingerprint density at radius 3 is 2.23 bits per heavy atom. The van der Waals surface area contributed by atoms with Crippen molar-refractivity contribution in [1.29, 1.82) is 0 Å². The van der Waals surface area contributed by atoms with Gasteiger partial charge in [-0.1, -0.05) is 64.1 Å². The minimum atomic E-state index is -0.286. The van der Waals surface area contributed by atoms with E-state index in [1.807, 2.05) is 36.4 Å². The van der Waals surface area contributed by atoms with Gasteiger partial charge in [-0.2, -0.15) is 5.10 Å². The van der Waals surface area contributed by atoms with E-state index >= 15 is 0 Å². The highest BCUT2D eigenvalue weighted by atomic mass is 16.5. The van der Waals surface area contributed by atoms with Crippen LogP contribution in [0.2, 0.25) is 0 Å². The van der Waals surface area contributed by atoms with E-state index in [1.165, 1.54) is 11.1 Å². The van der Waals surface area contributed by atoms with Crippen molar-refractivity contribution >= 4 is 12.1 Å². The first-order chi connectivity index (χ1) is 12.5. The summed E-state index contributed by atoms with van der Waals surface area (Å²) in [6.07, 6.45) is 2.73. The van der Waals surface area contributed by atoms with Gasteiger partial charge in [0.25, 0.3) is 5.91 Å². The zero-order chi connectivity index (χ0) is 18.9. The van der Waals surface area contributed by atoms with Crippen LogP contribution in [0.25, 0.3) is 0 Å². The normalized spacial score (nSPS) is 12.3. The zero-order valence-electron chi connectivity index (χ0n) is 16.0. The van der Waals surface area contributed by atoms with Gasteiger partial charge in [0.1, 0.15) is 5.75 Å². The van der Waals surface area contributed by atoms with Crippen LogP contribution in [0.15, 0.2) is 53.6 Å². The van der Waals surface area contributed by atoms with E-state index in [2.05, 4.69) is 50.4 Å². The van der Waals surface area contributed by atoms with Crippen molar-refractivity contribution < 1.29 is 9.53 Å². The molecule has 0 aliphatic heterocycles. The second-order valence-electron chi connectivity index (χ2n) is 6.78. The molecule has 0 fully saturated rings. The van der Waals surface area contributed by atoms with E-state index in [9.17, 15) is 4.79 Å². The molecular formula is C22H28N2O2. The third kappa shape index (κ3) is 6.03. The van der Waals surface area contributed by atoms with E-state index < -0.39 is 0 Å². The molecule has 0 saturated heterocycles. The minimum Gasteiger partial charge on any atom is -0.484 e. The van der Waals surface area contributed by atoms with Crippen LogP contribution in [-0.4, -0.2) is 18.7 Å². The number of hydrogen-bond donors (Lipinski definition) is 1. The molecule has 1 atom stereocenters. The smallest absolute Gasteiger partial charge is 0.277 e. The quantitative estimate of drug-likeness (QED) is 0.545. The van der Waals surface area contributed by atoms with Crippen molar-refractivity contribution in [2.24, 2.45) is 5.10 Å². The first-order valence-corrected chi connectivity index (χ1v) is 9.14. The number of amides is 1. The summed E-state index contributed by atoms with van der Waals surface area (Å²) < 4.78 is 5.50. The van der Waals surface area contributed by atoms with Gasteiger partial charge in [0.05, 0.1) is 6.21 Å². The Bertz CT molecular complexity index is 719. The van der Waals surface area contributed by atoms with Gasteiger partial charge < -0.3 is 4.74 Å². The Kier molecular flexibility index (Phi) is 7.39. The number of nitrogens with zero attached hydrogens (tertiary/aromatic N) is 1. The summed E-state index contributed by atoms with van der Waals surface area (Å²) in [6, 6.07) is 16.0. The maximum atomic E-state index is 11.8. The minimum absolute atomic E-state index is 0.0632. The molecule has 26 heavy (non-hydrogen) atoms. The lowest BCUT2D eigenvalue weighted by Gasteiger charge is -2.10. The Morgan fingerprint density at radius 1 is 1.04 bits per heavy atom. The molecule has 0 bridgehead atoms. The molecule has 4 heteroatoms. The van der Waals surface area contributed by atoms with Crippen LogP contribution in [0, 0.1) is 0 Å². The molecule has 2 rings (SSSR count). The molecule has 2 aromatic carbocycles. The van der Waals surface area contributed by atoms with E-state index in [0.29, 0.717) is 17.6 Å². The largest absolute Gasteiger partial charge is 0.484 e. The predicted molar refractivity (Wildman–Crippen MR) is 107 cm³/mol. The second kappa shape index (κ2) is 9.76. The first-order valence-electron chi connectivity index (χ1n) is 9.14. The molecule has 0 heterocycles. The van der Waals surface area contributed by atoms with Crippen LogP contribution in [0.1, 0.15) is 62.6 Å². The molecule has 0 radical (unpaired) electrons. The standard InChI is InChI=1S/C22H28N2O2/c1-5-17(4)20-10-12-21(13-11-20)26-15-22(25)24-23-14-18-6-8-19(9-7-18)16(2)3/h6-14,16-17H,5,15H2,1-4H3,(H,24,25). The van der Waals surface area contributed by atoms with Crippen LogP contribution in [0.3, 0.4) is 0 Å². The van der Waals surface area contributed by atoms with Gasteiger partial charge in [-0.25, -0.2) is 5.43 Å². The molecule has 0 saturated carbocycles. The van der Waals surface area contributed by atoms with Crippen molar-refractivity contribution in [3.05, 3.63) is 65.2 Å². The van der Waals surface area contributed by atoms with Gasteiger partial charge in [-0.05, 0) is 47.1 Å². The summed E-state index contributed by atoms with van der Waals surface area (Å²) >= 11 is 0. The molecule has 4 nitrogen and oxygen atoms in total. The maximum absolute atomic E-state index is 11.8. The number of rotatable bonds is 8. The van der Waals surface area contributed by atoms with Crippen LogP contribution in [0.5, 0.6) is 5.75 Å². The van der Waals surface area contributed by atoms with Crippen LogP contribution in [-0.2, 0) is 4.79 Å². The Labute approximate surface area is 156 Å². The fourth-order valence-corrected chi connectivity index (χ4v) is 2.46. The van der Waals surface area contributed by atoms with Gasteiger partial charge in [-0.15, -0.1) is 0 Å². The van der Waals surface area contributed by atoms with Crippen LogP contribution >= 0.6 is 0 Å². The summed E-state index contributed by atoms with van der Waals surface area (Å²) in [5, 5.41) is 3.97. The number of nitrogens with one attached hydrogen (secondary N) is 1. The average molecular weight is 352 g/mol. The van der Waals surface area contributed by atoms with Crippen LogP contribution in [0.4, 0.5) is 0 Å². The first kappa shape index (κ1) is 19.7. The van der Waals surface area contributed by atoms with E-state index in [-0.39, 0.29) is 12.5 Å². The van der Waals surface area contributed by atoms with Gasteiger partial charge in [0.2, 0.25) is 0 Å². The number of benzene rings is 2. The summed E-state index contributed by atoms with van der Waals surface area (Å²) in [4.78, 5) is 11.8. The molecule has 138 valence electrons. The lowest BCUT2D eigenvalue weighted by Crippen LogP contribution is -2.24. The van der Waals surface area contributed by atoms with E-state index in [1.54, 1.807) is 6.21 Å². The summed E-state index contributed by atoms with van der Waals surface area (Å²) in [5.74, 6) is 1.42. The predicted octanol–water partition coefficient (Wildman–Crippen LogP) is 4.85. The monoisotopic (exact) mass is 352 g/mol. The molecule has 1 amide bonds. The second-order valence-corrected chi connectivity index (χ2v) is 6.78. The molecule has 0 aliphatic carbocycles. The number of carbonyl (C=O) groups excluding carboxylic acids is 1. The highest BCUT2D eigenvalue weighted by Gasteiger charge is 2.05. The third-order valence-corrected chi connectivity index (χ3v) is 4.44. The van der Waals surface area contributed by atoms with Gasteiger partial charge in [0, 0.05) is 0 Å². The SMILES string of the molecule is CCC(C)c1ccc(OCC(=O)NN=Cc2ccc(C(C)C)cc2)cc1. The van der Waals surface area contributed by atoms with Crippen LogP contribution < -0.4 is 10.2 Å². The maximum Gasteiger partial charge on any atom is 0.277 e.